The molecule has 2 N–H and O–H groups in total. The van der Waals surface area contributed by atoms with Gasteiger partial charge in [0.25, 0.3) is 0 Å². The van der Waals surface area contributed by atoms with Gasteiger partial charge in [0.15, 0.2) is 0 Å². The van der Waals surface area contributed by atoms with Crippen molar-refractivity contribution in [3.63, 3.8) is 0 Å². The third kappa shape index (κ3) is 5.40. The summed E-state index contributed by atoms with van der Waals surface area (Å²) < 4.78 is 24.7. The van der Waals surface area contributed by atoms with Gasteiger partial charge in [-0.05, 0) is 48.4 Å². The molecule has 0 bridgehead atoms. The van der Waals surface area contributed by atoms with E-state index in [1.807, 2.05) is 6.92 Å². The minimum atomic E-state index is -3.30. The summed E-state index contributed by atoms with van der Waals surface area (Å²) in [5.74, 6) is -0.279. The van der Waals surface area contributed by atoms with Crippen molar-refractivity contribution in [2.45, 2.75) is 6.92 Å². The summed E-state index contributed by atoms with van der Waals surface area (Å²) in [6, 6.07) is 12.0. The van der Waals surface area contributed by atoms with Crippen molar-refractivity contribution in [2.75, 3.05) is 16.3 Å². The normalized spacial score (nSPS) is 11.5. The van der Waals surface area contributed by atoms with Crippen LogP contribution in [-0.4, -0.2) is 20.6 Å². The fourth-order valence-corrected chi connectivity index (χ4v) is 2.70. The van der Waals surface area contributed by atoms with Gasteiger partial charge >= 0.3 is 0 Å². The summed E-state index contributed by atoms with van der Waals surface area (Å²) in [6.45, 7) is 1.83. The molecule has 2 aromatic rings. The van der Waals surface area contributed by atoms with E-state index in [9.17, 15) is 13.2 Å². The van der Waals surface area contributed by atoms with Gasteiger partial charge in [-0.3, -0.25) is 9.52 Å². The van der Waals surface area contributed by atoms with Crippen molar-refractivity contribution in [1.82, 2.24) is 0 Å². The molecule has 0 aliphatic carbocycles. The SMILES string of the molecule is Cc1c(Cl)cccc1NC(=O)/C=C/c1ccc(NS(C)(=O)=O)cc1. The van der Waals surface area contributed by atoms with Crippen molar-refractivity contribution in [1.29, 1.82) is 0 Å². The highest BCUT2D eigenvalue weighted by atomic mass is 35.5. The van der Waals surface area contributed by atoms with Crippen LogP contribution in [0.2, 0.25) is 5.02 Å². The number of anilines is 2. The summed E-state index contributed by atoms with van der Waals surface area (Å²) in [5, 5.41) is 3.35. The molecule has 0 aliphatic heterocycles. The summed E-state index contributed by atoms with van der Waals surface area (Å²) >= 11 is 6.01. The third-order valence-electron chi connectivity index (χ3n) is 3.17. The molecule has 0 unspecified atom stereocenters. The Morgan fingerprint density at radius 3 is 2.42 bits per heavy atom. The molecule has 2 rings (SSSR count). The van der Waals surface area contributed by atoms with Crippen LogP contribution in [0.25, 0.3) is 6.08 Å². The molecule has 0 fully saturated rings. The number of halogens is 1. The molecule has 5 nitrogen and oxygen atoms in total. The molecule has 0 aliphatic rings. The summed E-state index contributed by atoms with van der Waals surface area (Å²) in [5.41, 5.74) is 2.70. The lowest BCUT2D eigenvalue weighted by atomic mass is 10.2. The van der Waals surface area contributed by atoms with Crippen molar-refractivity contribution in [3.05, 3.63) is 64.7 Å². The van der Waals surface area contributed by atoms with Gasteiger partial charge in [-0.15, -0.1) is 0 Å². The number of nitrogens with one attached hydrogen (secondary N) is 2. The Bertz CT molecular complexity index is 875. The average Bonchev–Trinajstić information content (AvgIpc) is 2.50. The smallest absolute Gasteiger partial charge is 0.248 e. The number of rotatable bonds is 5. The Morgan fingerprint density at radius 1 is 1.12 bits per heavy atom. The van der Waals surface area contributed by atoms with E-state index in [-0.39, 0.29) is 5.91 Å². The number of amides is 1. The predicted octanol–water partition coefficient (Wildman–Crippen LogP) is 3.67. The molecule has 0 heterocycles. The number of carbonyl (C=O) groups is 1. The van der Waals surface area contributed by atoms with Crippen LogP contribution in [0, 0.1) is 6.92 Å². The minimum Gasteiger partial charge on any atom is -0.322 e. The first-order valence-electron chi connectivity index (χ1n) is 7.06. The Hall–Kier alpha value is -2.31. The molecule has 2 aromatic carbocycles. The molecular formula is C17H17ClN2O3S. The van der Waals surface area contributed by atoms with Gasteiger partial charge in [-0.25, -0.2) is 8.42 Å². The zero-order chi connectivity index (χ0) is 17.7. The maximum Gasteiger partial charge on any atom is 0.248 e. The highest BCUT2D eigenvalue weighted by Crippen LogP contribution is 2.22. The average molecular weight is 365 g/mol. The molecule has 1 amide bonds. The number of carbonyl (C=O) groups excluding carboxylic acids is 1. The largest absolute Gasteiger partial charge is 0.322 e. The maximum atomic E-state index is 12.0. The van der Waals surface area contributed by atoms with Gasteiger partial charge in [0.1, 0.15) is 0 Å². The van der Waals surface area contributed by atoms with Crippen LogP contribution in [0.15, 0.2) is 48.5 Å². The molecule has 7 heteroatoms. The van der Waals surface area contributed by atoms with Crippen LogP contribution in [0.5, 0.6) is 0 Å². The van der Waals surface area contributed by atoms with E-state index in [4.69, 9.17) is 11.6 Å². The van der Waals surface area contributed by atoms with E-state index in [2.05, 4.69) is 10.0 Å². The van der Waals surface area contributed by atoms with Crippen LogP contribution in [-0.2, 0) is 14.8 Å². The van der Waals surface area contributed by atoms with E-state index in [0.29, 0.717) is 16.4 Å². The lowest BCUT2D eigenvalue weighted by Crippen LogP contribution is -2.09. The lowest BCUT2D eigenvalue weighted by Gasteiger charge is -2.07. The summed E-state index contributed by atoms with van der Waals surface area (Å²) in [6.07, 6.45) is 4.13. The van der Waals surface area contributed by atoms with Crippen molar-refractivity contribution in [3.8, 4) is 0 Å². The monoisotopic (exact) mass is 364 g/mol. The van der Waals surface area contributed by atoms with Gasteiger partial charge in [0.2, 0.25) is 15.9 Å². The fourth-order valence-electron chi connectivity index (χ4n) is 1.97. The topological polar surface area (TPSA) is 75.3 Å². The van der Waals surface area contributed by atoms with Gasteiger partial charge < -0.3 is 5.32 Å². The third-order valence-corrected chi connectivity index (χ3v) is 4.18. The number of hydrogen-bond donors (Lipinski definition) is 2. The van der Waals surface area contributed by atoms with Crippen LogP contribution in [0.1, 0.15) is 11.1 Å². The Balaban J connectivity index is 2.02. The molecule has 0 atom stereocenters. The quantitative estimate of drug-likeness (QED) is 0.795. The molecule has 0 spiro atoms. The highest BCUT2D eigenvalue weighted by Gasteiger charge is 2.04. The number of sulfonamides is 1. The summed E-state index contributed by atoms with van der Waals surface area (Å²) in [4.78, 5) is 12.0. The first-order valence-corrected chi connectivity index (χ1v) is 9.33. The van der Waals surface area contributed by atoms with Crippen LogP contribution < -0.4 is 10.0 Å². The molecule has 126 valence electrons. The predicted molar refractivity (Wildman–Crippen MR) is 98.8 cm³/mol. The summed E-state index contributed by atoms with van der Waals surface area (Å²) in [7, 11) is -3.30. The molecule has 0 radical (unpaired) electrons. The maximum absolute atomic E-state index is 12.0. The van der Waals surface area contributed by atoms with Crippen LogP contribution in [0.4, 0.5) is 11.4 Å². The van der Waals surface area contributed by atoms with E-state index in [0.717, 1.165) is 17.4 Å². The Kier molecular flexibility index (Phi) is 5.64. The van der Waals surface area contributed by atoms with E-state index < -0.39 is 10.0 Å². The molecule has 0 saturated carbocycles. The van der Waals surface area contributed by atoms with E-state index in [1.165, 1.54) is 6.08 Å². The van der Waals surface area contributed by atoms with Gasteiger partial charge in [0.05, 0.1) is 6.26 Å². The van der Waals surface area contributed by atoms with E-state index >= 15 is 0 Å². The molecule has 24 heavy (non-hydrogen) atoms. The Labute approximate surface area is 146 Å². The number of benzene rings is 2. The second kappa shape index (κ2) is 7.51. The van der Waals surface area contributed by atoms with Gasteiger partial charge in [0, 0.05) is 22.5 Å². The zero-order valence-electron chi connectivity index (χ0n) is 13.2. The van der Waals surface area contributed by atoms with Crippen molar-refractivity contribution in [2.24, 2.45) is 0 Å². The first-order chi connectivity index (χ1) is 11.2. The second-order valence-electron chi connectivity index (χ2n) is 5.23. The minimum absolute atomic E-state index is 0.279. The molecule has 0 aromatic heterocycles. The zero-order valence-corrected chi connectivity index (χ0v) is 14.8. The molecular weight excluding hydrogens is 348 g/mol. The van der Waals surface area contributed by atoms with Gasteiger partial charge in [-0.2, -0.15) is 0 Å². The van der Waals surface area contributed by atoms with Crippen molar-refractivity contribution < 1.29 is 13.2 Å². The fraction of sp³-hybridized carbons (Fsp3) is 0.118. The van der Waals surface area contributed by atoms with Crippen molar-refractivity contribution >= 4 is 45.0 Å². The lowest BCUT2D eigenvalue weighted by molar-refractivity contribution is -0.111. The van der Waals surface area contributed by atoms with Crippen LogP contribution in [0.3, 0.4) is 0 Å². The van der Waals surface area contributed by atoms with Gasteiger partial charge in [-0.1, -0.05) is 29.8 Å². The van der Waals surface area contributed by atoms with E-state index in [1.54, 1.807) is 48.5 Å². The second-order valence-corrected chi connectivity index (χ2v) is 7.39. The standard InChI is InChI=1S/C17H17ClN2O3S/c1-12-15(18)4-3-5-16(12)19-17(21)11-8-13-6-9-14(10-7-13)20-24(2,22)23/h3-11,20H,1-2H3,(H,19,21)/b11-8+. The highest BCUT2D eigenvalue weighted by molar-refractivity contribution is 7.92. The first kappa shape index (κ1) is 18.0. The molecule has 0 saturated heterocycles. The Morgan fingerprint density at radius 2 is 1.79 bits per heavy atom. The van der Waals surface area contributed by atoms with Crippen LogP contribution >= 0.6 is 11.6 Å². The number of hydrogen-bond acceptors (Lipinski definition) is 3.